The maximum absolute atomic E-state index is 12.9. The number of ether oxygens (including phenoxy) is 1. The number of rotatable bonds is 6. The molecule has 6 heteroatoms. The first-order chi connectivity index (χ1) is 9.93. The largest absolute Gasteiger partial charge is 0.377 e. The van der Waals surface area contributed by atoms with Gasteiger partial charge in [-0.15, -0.1) is 0 Å². The van der Waals surface area contributed by atoms with E-state index in [0.29, 0.717) is 25.6 Å². The van der Waals surface area contributed by atoms with Crippen LogP contribution in [0, 0.1) is 5.92 Å². The van der Waals surface area contributed by atoms with Crippen LogP contribution in [0.1, 0.15) is 52.4 Å². The van der Waals surface area contributed by atoms with Crippen molar-refractivity contribution < 1.29 is 13.2 Å². The molecule has 1 unspecified atom stereocenters. The van der Waals surface area contributed by atoms with Gasteiger partial charge in [0.1, 0.15) is 0 Å². The van der Waals surface area contributed by atoms with Gasteiger partial charge in [0.05, 0.1) is 11.9 Å². The van der Waals surface area contributed by atoms with Crippen molar-refractivity contribution in [3.8, 4) is 0 Å². The van der Waals surface area contributed by atoms with E-state index in [1.54, 1.807) is 4.31 Å². The third-order valence-corrected chi connectivity index (χ3v) is 7.27. The van der Waals surface area contributed by atoms with Crippen molar-refractivity contribution in [2.75, 3.05) is 25.4 Å². The molecule has 21 heavy (non-hydrogen) atoms. The lowest BCUT2D eigenvalue weighted by Gasteiger charge is -2.46. The van der Waals surface area contributed by atoms with Gasteiger partial charge < -0.3 is 10.5 Å². The van der Waals surface area contributed by atoms with Crippen molar-refractivity contribution in [2.24, 2.45) is 11.7 Å². The Balaban J connectivity index is 2.15. The van der Waals surface area contributed by atoms with E-state index in [-0.39, 0.29) is 17.4 Å². The average Bonchev–Trinajstić information content (AvgIpc) is 2.94. The van der Waals surface area contributed by atoms with Gasteiger partial charge in [-0.2, -0.15) is 4.31 Å². The van der Waals surface area contributed by atoms with Crippen LogP contribution < -0.4 is 5.73 Å². The van der Waals surface area contributed by atoms with Gasteiger partial charge in [0.25, 0.3) is 0 Å². The van der Waals surface area contributed by atoms with Crippen LogP contribution in [0.25, 0.3) is 0 Å². The SMILES string of the molecule is CCN(C1(CN)CCC(C)CC1)S(=O)(=O)CC1CCCO1. The van der Waals surface area contributed by atoms with Gasteiger partial charge in [-0.1, -0.05) is 13.8 Å². The Hall–Kier alpha value is -0.170. The summed E-state index contributed by atoms with van der Waals surface area (Å²) in [6.45, 7) is 5.75. The van der Waals surface area contributed by atoms with Crippen molar-refractivity contribution >= 4 is 10.0 Å². The highest BCUT2D eigenvalue weighted by molar-refractivity contribution is 7.89. The number of nitrogens with zero attached hydrogens (tertiary/aromatic N) is 1. The first kappa shape index (κ1) is 17.2. The monoisotopic (exact) mass is 318 g/mol. The Bertz CT molecular complexity index is 424. The molecule has 1 saturated heterocycles. The predicted octanol–water partition coefficient (Wildman–Crippen LogP) is 1.72. The summed E-state index contributed by atoms with van der Waals surface area (Å²) in [7, 11) is -3.32. The fourth-order valence-electron chi connectivity index (χ4n) is 3.78. The van der Waals surface area contributed by atoms with Crippen LogP contribution >= 0.6 is 0 Å². The number of likely N-dealkylation sites (N-methyl/N-ethyl adjacent to an activating group) is 1. The highest BCUT2D eigenvalue weighted by Crippen LogP contribution is 2.37. The molecular formula is C15H30N2O3S. The predicted molar refractivity (Wildman–Crippen MR) is 84.6 cm³/mol. The molecule has 0 bridgehead atoms. The van der Waals surface area contributed by atoms with E-state index < -0.39 is 10.0 Å². The van der Waals surface area contributed by atoms with Gasteiger partial charge >= 0.3 is 0 Å². The van der Waals surface area contributed by atoms with Crippen molar-refractivity contribution in [1.82, 2.24) is 4.31 Å². The van der Waals surface area contributed by atoms with Gasteiger partial charge in [0.2, 0.25) is 10.0 Å². The summed E-state index contributed by atoms with van der Waals surface area (Å²) in [6.07, 6.45) is 5.55. The molecular weight excluding hydrogens is 288 g/mol. The van der Waals surface area contributed by atoms with E-state index in [9.17, 15) is 8.42 Å². The molecule has 1 heterocycles. The molecule has 1 aliphatic heterocycles. The molecule has 0 aromatic heterocycles. The molecule has 124 valence electrons. The highest BCUT2D eigenvalue weighted by atomic mass is 32.2. The Labute approximate surface area is 129 Å². The first-order valence-electron chi connectivity index (χ1n) is 8.26. The zero-order valence-electron chi connectivity index (χ0n) is 13.4. The topological polar surface area (TPSA) is 72.6 Å². The Morgan fingerprint density at radius 2 is 1.95 bits per heavy atom. The number of sulfonamides is 1. The van der Waals surface area contributed by atoms with Crippen LogP contribution in [-0.2, 0) is 14.8 Å². The minimum atomic E-state index is -3.32. The Morgan fingerprint density at radius 1 is 1.29 bits per heavy atom. The molecule has 0 aromatic rings. The fourth-order valence-corrected chi connectivity index (χ4v) is 5.94. The zero-order chi connectivity index (χ0) is 15.5. The molecule has 2 fully saturated rings. The summed E-state index contributed by atoms with van der Waals surface area (Å²) < 4.78 is 32.9. The summed E-state index contributed by atoms with van der Waals surface area (Å²) in [6, 6.07) is 0. The number of hydrogen-bond acceptors (Lipinski definition) is 4. The van der Waals surface area contributed by atoms with Crippen LogP contribution in [0.2, 0.25) is 0 Å². The molecule has 1 aliphatic carbocycles. The molecule has 2 rings (SSSR count). The van der Waals surface area contributed by atoms with Gasteiger partial charge in [0, 0.05) is 25.2 Å². The summed E-state index contributed by atoms with van der Waals surface area (Å²) in [4.78, 5) is 0. The van der Waals surface area contributed by atoms with E-state index in [4.69, 9.17) is 10.5 Å². The number of nitrogens with two attached hydrogens (primary N) is 1. The minimum absolute atomic E-state index is 0.109. The lowest BCUT2D eigenvalue weighted by Crippen LogP contribution is -2.58. The van der Waals surface area contributed by atoms with E-state index in [0.717, 1.165) is 38.5 Å². The minimum Gasteiger partial charge on any atom is -0.377 e. The van der Waals surface area contributed by atoms with E-state index in [1.165, 1.54) is 0 Å². The smallest absolute Gasteiger partial charge is 0.217 e. The second-order valence-corrected chi connectivity index (χ2v) is 8.63. The summed E-state index contributed by atoms with van der Waals surface area (Å²) in [5.74, 6) is 0.780. The molecule has 1 saturated carbocycles. The van der Waals surface area contributed by atoms with Crippen LogP contribution in [0.5, 0.6) is 0 Å². The summed E-state index contributed by atoms with van der Waals surface area (Å²) in [5, 5.41) is 0. The molecule has 0 amide bonds. The molecule has 1 atom stereocenters. The van der Waals surface area contributed by atoms with Gasteiger partial charge in [0.15, 0.2) is 0 Å². The fraction of sp³-hybridized carbons (Fsp3) is 1.00. The Morgan fingerprint density at radius 3 is 2.43 bits per heavy atom. The third kappa shape index (κ3) is 3.78. The molecule has 0 radical (unpaired) electrons. The third-order valence-electron chi connectivity index (χ3n) is 5.16. The lowest BCUT2D eigenvalue weighted by molar-refractivity contribution is 0.109. The maximum Gasteiger partial charge on any atom is 0.217 e. The standard InChI is InChI=1S/C15H30N2O3S/c1-3-17(15(12-16)8-6-13(2)7-9-15)21(18,19)11-14-5-4-10-20-14/h13-14H,3-12,16H2,1-2H3. The zero-order valence-corrected chi connectivity index (χ0v) is 14.2. The Kier molecular flexibility index (Phi) is 5.68. The van der Waals surface area contributed by atoms with Gasteiger partial charge in [-0.25, -0.2) is 8.42 Å². The van der Waals surface area contributed by atoms with Crippen molar-refractivity contribution in [2.45, 2.75) is 64.0 Å². The van der Waals surface area contributed by atoms with Gasteiger partial charge in [-0.3, -0.25) is 0 Å². The first-order valence-corrected chi connectivity index (χ1v) is 9.86. The van der Waals surface area contributed by atoms with Crippen LogP contribution in [-0.4, -0.2) is 49.8 Å². The van der Waals surface area contributed by atoms with Gasteiger partial charge in [-0.05, 0) is 44.4 Å². The molecule has 2 N–H and O–H groups in total. The molecule has 2 aliphatic rings. The second kappa shape index (κ2) is 6.94. The summed E-state index contributed by atoms with van der Waals surface area (Å²) >= 11 is 0. The lowest BCUT2D eigenvalue weighted by atomic mass is 9.77. The van der Waals surface area contributed by atoms with Crippen LogP contribution in [0.15, 0.2) is 0 Å². The average molecular weight is 318 g/mol. The van der Waals surface area contributed by atoms with Crippen LogP contribution in [0.3, 0.4) is 0 Å². The quantitative estimate of drug-likeness (QED) is 0.809. The van der Waals surface area contributed by atoms with Crippen molar-refractivity contribution in [3.63, 3.8) is 0 Å². The van der Waals surface area contributed by atoms with Crippen molar-refractivity contribution in [3.05, 3.63) is 0 Å². The molecule has 5 nitrogen and oxygen atoms in total. The number of hydrogen-bond donors (Lipinski definition) is 1. The molecule has 0 spiro atoms. The second-order valence-electron chi connectivity index (χ2n) is 6.69. The van der Waals surface area contributed by atoms with E-state index in [2.05, 4.69) is 6.92 Å². The summed E-state index contributed by atoms with van der Waals surface area (Å²) in [5.41, 5.74) is 5.65. The van der Waals surface area contributed by atoms with E-state index >= 15 is 0 Å². The van der Waals surface area contributed by atoms with E-state index in [1.807, 2.05) is 6.92 Å². The van der Waals surface area contributed by atoms with Crippen LogP contribution in [0.4, 0.5) is 0 Å². The van der Waals surface area contributed by atoms with Crippen molar-refractivity contribution in [1.29, 1.82) is 0 Å². The highest BCUT2D eigenvalue weighted by Gasteiger charge is 2.44. The normalized spacial score (nSPS) is 34.5. The maximum atomic E-state index is 12.9. The molecule has 0 aromatic carbocycles.